The van der Waals surface area contributed by atoms with Crippen LogP contribution in [-0.2, 0) is 7.05 Å². The van der Waals surface area contributed by atoms with E-state index in [1.54, 1.807) is 12.1 Å². The first-order chi connectivity index (χ1) is 13.1. The van der Waals surface area contributed by atoms with Gasteiger partial charge in [0.25, 0.3) is 11.6 Å². The lowest BCUT2D eigenvalue weighted by Gasteiger charge is -2.31. The molecular weight excluding hydrogens is 344 g/mol. The average molecular weight is 370 g/mol. The van der Waals surface area contributed by atoms with Gasteiger partial charge in [-0.05, 0) is 44.1 Å². The number of amides is 1. The smallest absolute Gasteiger partial charge is 0.282 e. The molecule has 144 valence electrons. The summed E-state index contributed by atoms with van der Waals surface area (Å²) >= 11 is 0. The Kier molecular flexibility index (Phi) is 6.24. The maximum atomic E-state index is 12.6. The van der Waals surface area contributed by atoms with Gasteiger partial charge in [-0.2, -0.15) is 0 Å². The van der Waals surface area contributed by atoms with E-state index >= 15 is 0 Å². The molecule has 1 aromatic heterocycles. The Hall–Kier alpha value is -2.67. The first-order valence-electron chi connectivity index (χ1n) is 9.45. The molecule has 1 aromatic carbocycles. The maximum absolute atomic E-state index is 12.6. The van der Waals surface area contributed by atoms with E-state index in [1.165, 1.54) is 25.0 Å². The zero-order chi connectivity index (χ0) is 19.2. The van der Waals surface area contributed by atoms with Crippen LogP contribution in [0.5, 0.6) is 0 Å². The molecule has 0 bridgehead atoms. The number of aromatic nitrogens is 1. The normalized spacial score (nSPS) is 16.5. The Morgan fingerprint density at radius 2 is 1.85 bits per heavy atom. The fraction of sp³-hybridized carbons (Fsp3) is 0.450. The van der Waals surface area contributed by atoms with E-state index in [1.807, 2.05) is 19.3 Å². The number of nitrogens with zero attached hydrogens (tertiary/aromatic N) is 3. The van der Waals surface area contributed by atoms with Gasteiger partial charge in [0, 0.05) is 31.5 Å². The lowest BCUT2D eigenvalue weighted by molar-refractivity contribution is -0.385. The van der Waals surface area contributed by atoms with Crippen molar-refractivity contribution in [3.63, 3.8) is 0 Å². The highest BCUT2D eigenvalue weighted by atomic mass is 16.6. The van der Waals surface area contributed by atoms with Crippen molar-refractivity contribution in [2.75, 3.05) is 19.6 Å². The van der Waals surface area contributed by atoms with Gasteiger partial charge in [0.05, 0.1) is 11.0 Å². The number of nitro benzene ring substituents is 1. The molecule has 1 aliphatic rings. The molecule has 1 atom stereocenters. The highest BCUT2D eigenvalue weighted by molar-refractivity contribution is 5.98. The molecule has 1 fully saturated rings. The molecule has 1 N–H and O–H groups in total. The SMILES string of the molecule is Cn1cccc1C(CNC(=O)c1ccccc1[N+](=O)[O-])N1CCCCCC1. The number of likely N-dealkylation sites (tertiary alicyclic amines) is 1. The number of aryl methyl sites for hydroxylation is 1. The van der Waals surface area contributed by atoms with E-state index in [4.69, 9.17) is 0 Å². The predicted octanol–water partition coefficient (Wildman–Crippen LogP) is 3.28. The van der Waals surface area contributed by atoms with Crippen LogP contribution in [0.25, 0.3) is 0 Å². The van der Waals surface area contributed by atoms with Crippen molar-refractivity contribution < 1.29 is 9.72 Å². The van der Waals surface area contributed by atoms with E-state index in [2.05, 4.69) is 20.9 Å². The van der Waals surface area contributed by atoms with Crippen molar-refractivity contribution in [2.45, 2.75) is 31.7 Å². The molecular formula is C20H26N4O3. The molecule has 2 aromatic rings. The summed E-state index contributed by atoms with van der Waals surface area (Å²) in [6.07, 6.45) is 6.78. The highest BCUT2D eigenvalue weighted by Gasteiger charge is 2.25. The summed E-state index contributed by atoms with van der Waals surface area (Å²) in [6, 6.07) is 10.2. The lowest BCUT2D eigenvalue weighted by Crippen LogP contribution is -2.39. The number of carbonyl (C=O) groups excluding carboxylic acids is 1. The Bertz CT molecular complexity index is 794. The van der Waals surface area contributed by atoms with Crippen molar-refractivity contribution in [2.24, 2.45) is 7.05 Å². The molecule has 27 heavy (non-hydrogen) atoms. The highest BCUT2D eigenvalue weighted by Crippen LogP contribution is 2.24. The van der Waals surface area contributed by atoms with Crippen LogP contribution in [0.3, 0.4) is 0 Å². The van der Waals surface area contributed by atoms with Crippen LogP contribution in [0.15, 0.2) is 42.6 Å². The van der Waals surface area contributed by atoms with Crippen molar-refractivity contribution >= 4 is 11.6 Å². The lowest BCUT2D eigenvalue weighted by atomic mass is 10.1. The molecule has 1 unspecified atom stereocenters. The van der Waals surface area contributed by atoms with Gasteiger partial charge < -0.3 is 9.88 Å². The number of carbonyl (C=O) groups is 1. The fourth-order valence-electron chi connectivity index (χ4n) is 3.76. The van der Waals surface area contributed by atoms with Crippen LogP contribution in [0.2, 0.25) is 0 Å². The van der Waals surface area contributed by atoms with Gasteiger partial charge >= 0.3 is 0 Å². The van der Waals surface area contributed by atoms with Gasteiger partial charge in [-0.1, -0.05) is 25.0 Å². The summed E-state index contributed by atoms with van der Waals surface area (Å²) in [6.45, 7) is 2.41. The number of benzene rings is 1. The molecule has 1 aliphatic heterocycles. The molecule has 0 radical (unpaired) electrons. The summed E-state index contributed by atoms with van der Waals surface area (Å²) in [5.74, 6) is -0.406. The van der Waals surface area contributed by atoms with Gasteiger partial charge in [0.15, 0.2) is 0 Å². The van der Waals surface area contributed by atoms with Gasteiger partial charge in [0.1, 0.15) is 5.56 Å². The summed E-state index contributed by atoms with van der Waals surface area (Å²) in [5.41, 5.74) is 1.07. The molecule has 1 amide bonds. The Morgan fingerprint density at radius 3 is 2.48 bits per heavy atom. The van der Waals surface area contributed by atoms with Crippen LogP contribution in [0, 0.1) is 10.1 Å². The van der Waals surface area contributed by atoms with Crippen LogP contribution >= 0.6 is 0 Å². The van der Waals surface area contributed by atoms with Gasteiger partial charge in [-0.25, -0.2) is 0 Å². The number of para-hydroxylation sites is 1. The molecule has 0 aliphatic carbocycles. The number of nitrogens with one attached hydrogen (secondary N) is 1. The largest absolute Gasteiger partial charge is 0.353 e. The first-order valence-corrected chi connectivity index (χ1v) is 9.45. The summed E-state index contributed by atoms with van der Waals surface area (Å²) < 4.78 is 2.08. The molecule has 0 spiro atoms. The van der Waals surface area contributed by atoms with Crippen molar-refractivity contribution in [1.29, 1.82) is 0 Å². The van der Waals surface area contributed by atoms with Gasteiger partial charge in [-0.15, -0.1) is 0 Å². The number of hydrogen-bond donors (Lipinski definition) is 1. The van der Waals surface area contributed by atoms with E-state index < -0.39 is 10.8 Å². The van der Waals surface area contributed by atoms with E-state index in [9.17, 15) is 14.9 Å². The topological polar surface area (TPSA) is 80.4 Å². The third-order valence-corrected chi connectivity index (χ3v) is 5.21. The second kappa shape index (κ2) is 8.81. The first kappa shape index (κ1) is 19.1. The Morgan fingerprint density at radius 1 is 1.15 bits per heavy atom. The summed E-state index contributed by atoms with van der Waals surface area (Å²) in [4.78, 5) is 25.7. The zero-order valence-corrected chi connectivity index (χ0v) is 15.6. The summed E-state index contributed by atoms with van der Waals surface area (Å²) in [5, 5.41) is 14.1. The summed E-state index contributed by atoms with van der Waals surface area (Å²) in [7, 11) is 2.00. The van der Waals surface area contributed by atoms with Crippen LogP contribution in [0.1, 0.15) is 47.8 Å². The van der Waals surface area contributed by atoms with Crippen molar-refractivity contribution in [3.8, 4) is 0 Å². The molecule has 7 nitrogen and oxygen atoms in total. The molecule has 0 saturated carbocycles. The minimum Gasteiger partial charge on any atom is -0.353 e. The predicted molar refractivity (Wildman–Crippen MR) is 104 cm³/mol. The third-order valence-electron chi connectivity index (χ3n) is 5.21. The third kappa shape index (κ3) is 4.54. The van der Waals surface area contributed by atoms with E-state index in [0.29, 0.717) is 6.54 Å². The minimum atomic E-state index is -0.515. The zero-order valence-electron chi connectivity index (χ0n) is 15.6. The molecule has 1 saturated heterocycles. The number of rotatable bonds is 6. The number of nitro groups is 1. The van der Waals surface area contributed by atoms with Crippen molar-refractivity contribution in [3.05, 3.63) is 64.0 Å². The van der Waals surface area contributed by atoms with Gasteiger partial charge in [-0.3, -0.25) is 19.8 Å². The minimum absolute atomic E-state index is 0.0508. The number of hydrogen-bond acceptors (Lipinski definition) is 4. The van der Waals surface area contributed by atoms with Crippen molar-refractivity contribution in [1.82, 2.24) is 14.8 Å². The Labute approximate surface area is 159 Å². The second-order valence-corrected chi connectivity index (χ2v) is 6.99. The molecule has 2 heterocycles. The molecule has 7 heteroatoms. The fourth-order valence-corrected chi connectivity index (χ4v) is 3.76. The molecule has 3 rings (SSSR count). The Balaban J connectivity index is 1.78. The monoisotopic (exact) mass is 370 g/mol. The van der Waals surface area contributed by atoms with Crippen LogP contribution in [-0.4, -0.2) is 39.9 Å². The second-order valence-electron chi connectivity index (χ2n) is 6.99. The standard InChI is InChI=1S/C20H26N4O3/c1-22-12-8-11-18(22)19(23-13-6-2-3-7-14-23)15-21-20(25)16-9-4-5-10-17(16)24(26)27/h4-5,8-12,19H,2-3,6-7,13-15H2,1H3,(H,21,25). The van der Waals surface area contributed by atoms with E-state index in [-0.39, 0.29) is 17.3 Å². The van der Waals surface area contributed by atoms with Crippen LogP contribution in [0.4, 0.5) is 5.69 Å². The van der Waals surface area contributed by atoms with Gasteiger partial charge in [0.2, 0.25) is 0 Å². The van der Waals surface area contributed by atoms with E-state index in [0.717, 1.165) is 31.6 Å². The van der Waals surface area contributed by atoms with Crippen LogP contribution < -0.4 is 5.32 Å². The average Bonchev–Trinajstić information content (AvgIpc) is 2.92. The quantitative estimate of drug-likeness (QED) is 0.625. The maximum Gasteiger partial charge on any atom is 0.282 e.